The van der Waals surface area contributed by atoms with Gasteiger partial charge in [0.05, 0.1) is 18.8 Å². The summed E-state index contributed by atoms with van der Waals surface area (Å²) in [5, 5.41) is 13.9. The lowest BCUT2D eigenvalue weighted by molar-refractivity contribution is 0.280. The summed E-state index contributed by atoms with van der Waals surface area (Å²) in [4.78, 5) is 0. The van der Waals surface area contributed by atoms with Gasteiger partial charge in [0.15, 0.2) is 0 Å². The molecular formula is C16H20N2O. The summed E-state index contributed by atoms with van der Waals surface area (Å²) in [5.74, 6) is 0. The first-order chi connectivity index (χ1) is 9.19. The van der Waals surface area contributed by atoms with Crippen LogP contribution in [-0.2, 0) is 26.0 Å². The van der Waals surface area contributed by atoms with Crippen molar-refractivity contribution in [1.82, 2.24) is 9.78 Å². The van der Waals surface area contributed by atoms with Crippen LogP contribution in [0.25, 0.3) is 0 Å². The maximum absolute atomic E-state index is 9.35. The Kier molecular flexibility index (Phi) is 3.15. The molecule has 1 aliphatic rings. The number of hydrogen-bond donors (Lipinski definition) is 1. The molecule has 0 amide bonds. The summed E-state index contributed by atoms with van der Waals surface area (Å²) in [6, 6.07) is 6.78. The van der Waals surface area contributed by atoms with E-state index in [1.165, 1.54) is 36.0 Å². The zero-order valence-corrected chi connectivity index (χ0v) is 11.6. The second-order valence-electron chi connectivity index (χ2n) is 5.42. The fourth-order valence-electron chi connectivity index (χ4n) is 3.01. The Bertz CT molecular complexity index is 613. The lowest BCUT2D eigenvalue weighted by Crippen LogP contribution is -2.05. The first kappa shape index (κ1) is 12.4. The minimum Gasteiger partial charge on any atom is -0.392 e. The Balaban J connectivity index is 1.89. The molecule has 3 rings (SSSR count). The van der Waals surface area contributed by atoms with Gasteiger partial charge in [-0.1, -0.05) is 18.2 Å². The maximum atomic E-state index is 9.35. The molecule has 0 spiro atoms. The molecule has 3 heteroatoms. The predicted molar refractivity (Wildman–Crippen MR) is 75.2 cm³/mol. The average Bonchev–Trinajstić information content (AvgIpc) is 2.95. The minimum atomic E-state index is 0.0713. The highest BCUT2D eigenvalue weighted by molar-refractivity contribution is 5.35. The highest BCUT2D eigenvalue weighted by Gasteiger charge is 2.13. The molecule has 0 unspecified atom stereocenters. The van der Waals surface area contributed by atoms with E-state index in [-0.39, 0.29) is 6.61 Å². The first-order valence-electron chi connectivity index (χ1n) is 6.93. The molecule has 0 bridgehead atoms. The standard InChI is InChI=1S/C16H20N2O/c1-11-16(10-19)12(2)18(17-11)9-13-6-7-14-4-3-5-15(14)8-13/h6-8,19H,3-5,9-10H2,1-2H3. The number of aliphatic hydroxyl groups is 1. The molecule has 3 nitrogen and oxygen atoms in total. The third-order valence-electron chi connectivity index (χ3n) is 4.18. The van der Waals surface area contributed by atoms with Crippen LogP contribution >= 0.6 is 0 Å². The smallest absolute Gasteiger partial charge is 0.0718 e. The van der Waals surface area contributed by atoms with Crippen molar-refractivity contribution in [2.75, 3.05) is 0 Å². The van der Waals surface area contributed by atoms with Crippen LogP contribution in [0.15, 0.2) is 18.2 Å². The number of aliphatic hydroxyl groups excluding tert-OH is 1. The molecule has 0 fully saturated rings. The Morgan fingerprint density at radius 1 is 1.21 bits per heavy atom. The van der Waals surface area contributed by atoms with Crippen molar-refractivity contribution in [2.45, 2.75) is 46.3 Å². The summed E-state index contributed by atoms with van der Waals surface area (Å²) in [7, 11) is 0. The number of benzene rings is 1. The van der Waals surface area contributed by atoms with Gasteiger partial charge < -0.3 is 5.11 Å². The number of aryl methyl sites for hydroxylation is 3. The van der Waals surface area contributed by atoms with Gasteiger partial charge >= 0.3 is 0 Å². The normalized spacial score (nSPS) is 13.8. The number of nitrogens with zero attached hydrogens (tertiary/aromatic N) is 2. The molecule has 1 aromatic heterocycles. The van der Waals surface area contributed by atoms with Crippen molar-refractivity contribution in [1.29, 1.82) is 0 Å². The van der Waals surface area contributed by atoms with Crippen LogP contribution in [0.3, 0.4) is 0 Å². The van der Waals surface area contributed by atoms with Crippen molar-refractivity contribution >= 4 is 0 Å². The summed E-state index contributed by atoms with van der Waals surface area (Å²) in [6.45, 7) is 4.85. The molecule has 0 atom stereocenters. The van der Waals surface area contributed by atoms with Crippen molar-refractivity contribution in [2.24, 2.45) is 0 Å². The summed E-state index contributed by atoms with van der Waals surface area (Å²) >= 11 is 0. The Morgan fingerprint density at radius 2 is 2.00 bits per heavy atom. The maximum Gasteiger partial charge on any atom is 0.0718 e. The molecule has 1 heterocycles. The van der Waals surface area contributed by atoms with Crippen LogP contribution in [0.4, 0.5) is 0 Å². The van der Waals surface area contributed by atoms with Crippen molar-refractivity contribution < 1.29 is 5.11 Å². The molecule has 1 aliphatic carbocycles. The van der Waals surface area contributed by atoms with Gasteiger partial charge in [-0.3, -0.25) is 4.68 Å². The summed E-state index contributed by atoms with van der Waals surface area (Å²) in [6.07, 6.45) is 3.72. The fourth-order valence-corrected chi connectivity index (χ4v) is 3.01. The van der Waals surface area contributed by atoms with Gasteiger partial charge in [-0.15, -0.1) is 0 Å². The van der Waals surface area contributed by atoms with Gasteiger partial charge in [0, 0.05) is 11.3 Å². The van der Waals surface area contributed by atoms with Crippen molar-refractivity contribution in [3.05, 3.63) is 51.8 Å². The van der Waals surface area contributed by atoms with E-state index in [9.17, 15) is 5.11 Å². The number of hydrogen-bond acceptors (Lipinski definition) is 2. The lowest BCUT2D eigenvalue weighted by atomic mass is 10.1. The number of rotatable bonds is 3. The molecule has 0 aliphatic heterocycles. The van der Waals surface area contributed by atoms with Gasteiger partial charge in [-0.25, -0.2) is 0 Å². The first-order valence-corrected chi connectivity index (χ1v) is 6.93. The lowest BCUT2D eigenvalue weighted by Gasteiger charge is -2.07. The second-order valence-corrected chi connectivity index (χ2v) is 5.42. The highest BCUT2D eigenvalue weighted by Crippen LogP contribution is 2.23. The van der Waals surface area contributed by atoms with Gasteiger partial charge in [0.1, 0.15) is 0 Å². The van der Waals surface area contributed by atoms with Crippen LogP contribution in [0.1, 0.15) is 40.1 Å². The molecular weight excluding hydrogens is 236 g/mol. The zero-order chi connectivity index (χ0) is 13.4. The monoisotopic (exact) mass is 256 g/mol. The summed E-state index contributed by atoms with van der Waals surface area (Å²) < 4.78 is 2.00. The van der Waals surface area contributed by atoms with Crippen LogP contribution in [0, 0.1) is 13.8 Å². The SMILES string of the molecule is Cc1nn(Cc2ccc3c(c2)CCC3)c(C)c1CO. The molecule has 100 valence electrons. The van der Waals surface area contributed by atoms with E-state index in [0.29, 0.717) is 0 Å². The quantitative estimate of drug-likeness (QED) is 0.916. The second kappa shape index (κ2) is 4.82. The minimum absolute atomic E-state index is 0.0713. The van der Waals surface area contributed by atoms with E-state index >= 15 is 0 Å². The summed E-state index contributed by atoms with van der Waals surface area (Å²) in [5.41, 5.74) is 7.27. The largest absolute Gasteiger partial charge is 0.392 e. The molecule has 1 N–H and O–H groups in total. The molecule has 0 saturated heterocycles. The van der Waals surface area contributed by atoms with Gasteiger partial charge in [0.25, 0.3) is 0 Å². The van der Waals surface area contributed by atoms with Gasteiger partial charge in [-0.05, 0) is 49.8 Å². The molecule has 0 saturated carbocycles. The topological polar surface area (TPSA) is 38.0 Å². The van der Waals surface area contributed by atoms with Crippen LogP contribution in [-0.4, -0.2) is 14.9 Å². The number of fused-ring (bicyclic) bond motifs is 1. The third kappa shape index (κ3) is 2.19. The third-order valence-corrected chi connectivity index (χ3v) is 4.18. The van der Waals surface area contributed by atoms with E-state index in [1.807, 2.05) is 18.5 Å². The number of aromatic nitrogens is 2. The Morgan fingerprint density at radius 3 is 2.74 bits per heavy atom. The van der Waals surface area contributed by atoms with Crippen LogP contribution in [0.2, 0.25) is 0 Å². The van der Waals surface area contributed by atoms with Crippen LogP contribution in [0.5, 0.6) is 0 Å². The predicted octanol–water partition coefficient (Wildman–Crippen LogP) is 2.53. The zero-order valence-electron chi connectivity index (χ0n) is 11.6. The highest BCUT2D eigenvalue weighted by atomic mass is 16.3. The van der Waals surface area contributed by atoms with E-state index in [4.69, 9.17) is 0 Å². The molecule has 0 radical (unpaired) electrons. The average molecular weight is 256 g/mol. The molecule has 2 aromatic rings. The van der Waals surface area contributed by atoms with Crippen LogP contribution < -0.4 is 0 Å². The van der Waals surface area contributed by atoms with Crippen molar-refractivity contribution in [3.63, 3.8) is 0 Å². The van der Waals surface area contributed by atoms with E-state index < -0.39 is 0 Å². The van der Waals surface area contributed by atoms with E-state index in [2.05, 4.69) is 23.3 Å². The Labute approximate surface area is 113 Å². The van der Waals surface area contributed by atoms with E-state index in [0.717, 1.165) is 23.5 Å². The Hall–Kier alpha value is -1.61. The van der Waals surface area contributed by atoms with Gasteiger partial charge in [0.2, 0.25) is 0 Å². The van der Waals surface area contributed by atoms with Gasteiger partial charge in [-0.2, -0.15) is 5.10 Å². The van der Waals surface area contributed by atoms with Crippen molar-refractivity contribution in [3.8, 4) is 0 Å². The molecule has 1 aromatic carbocycles. The van der Waals surface area contributed by atoms with E-state index in [1.54, 1.807) is 0 Å². The fraction of sp³-hybridized carbons (Fsp3) is 0.438. The molecule has 19 heavy (non-hydrogen) atoms.